The van der Waals surface area contributed by atoms with E-state index in [0.29, 0.717) is 24.7 Å². The van der Waals surface area contributed by atoms with Gasteiger partial charge in [0.05, 0.1) is 6.10 Å². The number of carbonyl (C=O) groups is 1. The molecule has 6 nitrogen and oxygen atoms in total. The maximum absolute atomic E-state index is 13.2. The Morgan fingerprint density at radius 2 is 2.25 bits per heavy atom. The molecule has 1 aromatic carbocycles. The molecule has 1 aromatic heterocycles. The van der Waals surface area contributed by atoms with Crippen molar-refractivity contribution in [3.05, 3.63) is 47.1 Å². The van der Waals surface area contributed by atoms with Gasteiger partial charge >= 0.3 is 0 Å². The van der Waals surface area contributed by atoms with Crippen molar-refractivity contribution in [2.45, 2.75) is 37.2 Å². The lowest BCUT2D eigenvalue weighted by molar-refractivity contribution is -0.132. The number of thioether (sulfide) groups is 1. The Kier molecular flexibility index (Phi) is 4.05. The minimum atomic E-state index is -0.560. The summed E-state index contributed by atoms with van der Waals surface area (Å²) in [4.78, 5) is 19.2. The second-order valence-corrected chi connectivity index (χ2v) is 7.49. The van der Waals surface area contributed by atoms with Gasteiger partial charge in [0, 0.05) is 13.0 Å². The number of aryl methyl sites for hydroxylation is 2. The van der Waals surface area contributed by atoms with Crippen LogP contribution in [0.15, 0.2) is 28.8 Å². The summed E-state index contributed by atoms with van der Waals surface area (Å²) >= 11 is 1.67. The quantitative estimate of drug-likeness (QED) is 0.897. The normalized spacial score (nSPS) is 26.4. The lowest BCUT2D eigenvalue weighted by Gasteiger charge is -2.30. The van der Waals surface area contributed by atoms with E-state index in [4.69, 9.17) is 4.52 Å². The number of benzene rings is 1. The van der Waals surface area contributed by atoms with Crippen molar-refractivity contribution in [2.75, 3.05) is 12.3 Å². The van der Waals surface area contributed by atoms with Crippen LogP contribution in [0.5, 0.6) is 0 Å². The Hall–Kier alpha value is -1.86. The van der Waals surface area contributed by atoms with Crippen molar-refractivity contribution >= 4 is 17.7 Å². The number of fused-ring (bicyclic) bond motifs is 1. The van der Waals surface area contributed by atoms with E-state index in [2.05, 4.69) is 16.2 Å². The molecule has 2 aliphatic rings. The van der Waals surface area contributed by atoms with Crippen molar-refractivity contribution in [2.24, 2.45) is 0 Å². The minimum Gasteiger partial charge on any atom is -0.391 e. The highest BCUT2D eigenvalue weighted by Crippen LogP contribution is 2.41. The van der Waals surface area contributed by atoms with Crippen LogP contribution >= 0.6 is 11.8 Å². The fourth-order valence-corrected chi connectivity index (χ4v) is 4.75. The van der Waals surface area contributed by atoms with Gasteiger partial charge in [0.25, 0.3) is 0 Å². The fourth-order valence-electron chi connectivity index (χ4n) is 3.49. The highest BCUT2D eigenvalue weighted by molar-refractivity contribution is 8.00. The summed E-state index contributed by atoms with van der Waals surface area (Å²) in [6, 6.07) is 7.77. The number of β-amino-alcohol motifs (C(OH)–C–C–N with tert-alkyl or cyclic N) is 1. The summed E-state index contributed by atoms with van der Waals surface area (Å²) in [5.74, 6) is 1.89. The Morgan fingerprint density at radius 1 is 1.42 bits per heavy atom. The Labute approximate surface area is 144 Å². The molecular weight excluding hydrogens is 326 g/mol. The fraction of sp³-hybridized carbons (Fsp3) is 0.471. The number of aliphatic hydroxyl groups is 1. The monoisotopic (exact) mass is 345 g/mol. The maximum atomic E-state index is 13.2. The molecule has 0 bridgehead atoms. The molecule has 1 fully saturated rings. The highest BCUT2D eigenvalue weighted by atomic mass is 32.2. The lowest BCUT2D eigenvalue weighted by atomic mass is 10.0. The van der Waals surface area contributed by atoms with Crippen LogP contribution in [0.25, 0.3) is 0 Å². The molecule has 0 saturated carbocycles. The summed E-state index contributed by atoms with van der Waals surface area (Å²) < 4.78 is 5.26. The molecule has 4 rings (SSSR count). The topological polar surface area (TPSA) is 79.5 Å². The average molecular weight is 345 g/mol. The number of nitrogens with zero attached hydrogens (tertiary/aromatic N) is 3. The van der Waals surface area contributed by atoms with Crippen molar-refractivity contribution in [3.63, 3.8) is 0 Å². The first-order valence-corrected chi connectivity index (χ1v) is 9.16. The van der Waals surface area contributed by atoms with E-state index in [1.165, 1.54) is 5.56 Å². The van der Waals surface area contributed by atoms with Crippen LogP contribution in [0.1, 0.15) is 40.6 Å². The molecule has 3 heterocycles. The molecule has 24 heavy (non-hydrogen) atoms. The lowest BCUT2D eigenvalue weighted by Crippen LogP contribution is -2.36. The second kappa shape index (κ2) is 6.22. The number of hydrogen-bond acceptors (Lipinski definition) is 6. The van der Waals surface area contributed by atoms with Gasteiger partial charge in [-0.25, -0.2) is 0 Å². The first-order valence-electron chi connectivity index (χ1n) is 8.11. The number of rotatable bonds is 2. The van der Waals surface area contributed by atoms with Gasteiger partial charge in [0.2, 0.25) is 11.8 Å². The number of hydrogen-bond donors (Lipinski definition) is 1. The van der Waals surface area contributed by atoms with E-state index in [9.17, 15) is 9.90 Å². The van der Waals surface area contributed by atoms with E-state index in [1.807, 2.05) is 18.2 Å². The standard InChI is InChI=1S/C17H19N3O3S/c1-10-18-16(23-19-10)14-8-12(21)9-20(14)17(22)15-13-5-3-2-4-11(13)6-7-24-15/h2-5,12,14-15,21H,6-9H2,1H3/t12-,14+,15?/m0/s1. The number of aromatic nitrogens is 2. The zero-order chi connectivity index (χ0) is 16.7. The molecule has 1 N–H and O–H groups in total. The predicted octanol–water partition coefficient (Wildman–Crippen LogP) is 2.04. The summed E-state index contributed by atoms with van der Waals surface area (Å²) in [7, 11) is 0. The van der Waals surface area contributed by atoms with Crippen LogP contribution in [0.4, 0.5) is 0 Å². The average Bonchev–Trinajstić information content (AvgIpc) is 3.19. The zero-order valence-corrected chi connectivity index (χ0v) is 14.2. The number of amides is 1. The number of carbonyl (C=O) groups excluding carboxylic acids is 1. The van der Waals surface area contributed by atoms with Gasteiger partial charge in [-0.15, -0.1) is 11.8 Å². The molecule has 0 radical (unpaired) electrons. The Bertz CT molecular complexity index is 763. The van der Waals surface area contributed by atoms with Crippen molar-refractivity contribution in [1.29, 1.82) is 0 Å². The molecule has 126 valence electrons. The van der Waals surface area contributed by atoms with Gasteiger partial charge in [-0.3, -0.25) is 4.79 Å². The van der Waals surface area contributed by atoms with Crippen LogP contribution in [-0.4, -0.2) is 44.5 Å². The second-order valence-electron chi connectivity index (χ2n) is 6.28. The molecule has 1 unspecified atom stereocenters. The Morgan fingerprint density at radius 3 is 3.04 bits per heavy atom. The summed E-state index contributed by atoms with van der Waals surface area (Å²) in [5.41, 5.74) is 2.32. The summed E-state index contributed by atoms with van der Waals surface area (Å²) in [6.07, 6.45) is 0.862. The Balaban J connectivity index is 1.64. The third-order valence-corrected chi connectivity index (χ3v) is 5.84. The molecule has 2 aliphatic heterocycles. The molecule has 1 amide bonds. The van der Waals surface area contributed by atoms with Gasteiger partial charge in [-0.05, 0) is 30.2 Å². The van der Waals surface area contributed by atoms with Gasteiger partial charge < -0.3 is 14.5 Å². The van der Waals surface area contributed by atoms with Crippen molar-refractivity contribution < 1.29 is 14.4 Å². The number of aliphatic hydroxyl groups excluding tert-OH is 1. The molecule has 1 saturated heterocycles. The van der Waals surface area contributed by atoms with Crippen LogP contribution in [0.2, 0.25) is 0 Å². The molecule has 7 heteroatoms. The van der Waals surface area contributed by atoms with Crippen LogP contribution in [0, 0.1) is 6.92 Å². The summed E-state index contributed by atoms with van der Waals surface area (Å²) in [6.45, 7) is 2.06. The van der Waals surface area contributed by atoms with E-state index < -0.39 is 6.10 Å². The third kappa shape index (κ3) is 2.71. The van der Waals surface area contributed by atoms with Gasteiger partial charge in [-0.1, -0.05) is 29.4 Å². The number of likely N-dealkylation sites (tertiary alicyclic amines) is 1. The molecule has 0 spiro atoms. The minimum absolute atomic E-state index is 0.0181. The molecule has 3 atom stereocenters. The van der Waals surface area contributed by atoms with E-state index in [0.717, 1.165) is 17.7 Å². The maximum Gasteiger partial charge on any atom is 0.249 e. The first-order chi connectivity index (χ1) is 11.6. The van der Waals surface area contributed by atoms with E-state index >= 15 is 0 Å². The largest absolute Gasteiger partial charge is 0.391 e. The van der Waals surface area contributed by atoms with Crippen molar-refractivity contribution in [1.82, 2.24) is 15.0 Å². The highest BCUT2D eigenvalue weighted by Gasteiger charge is 2.42. The molecule has 2 aromatic rings. The van der Waals surface area contributed by atoms with Gasteiger partial charge in [-0.2, -0.15) is 4.98 Å². The van der Waals surface area contributed by atoms with E-state index in [1.54, 1.807) is 23.6 Å². The van der Waals surface area contributed by atoms with Gasteiger partial charge in [0.1, 0.15) is 11.3 Å². The SMILES string of the molecule is Cc1noc([C@H]2C[C@H](O)CN2C(=O)C2SCCc3ccccc32)n1. The molecule has 0 aliphatic carbocycles. The first kappa shape index (κ1) is 15.7. The third-order valence-electron chi connectivity index (χ3n) is 4.61. The van der Waals surface area contributed by atoms with Crippen LogP contribution < -0.4 is 0 Å². The van der Waals surface area contributed by atoms with Gasteiger partial charge in [0.15, 0.2) is 5.82 Å². The smallest absolute Gasteiger partial charge is 0.249 e. The zero-order valence-electron chi connectivity index (χ0n) is 13.4. The van der Waals surface area contributed by atoms with E-state index in [-0.39, 0.29) is 17.2 Å². The predicted molar refractivity (Wildman–Crippen MR) is 89.5 cm³/mol. The van der Waals surface area contributed by atoms with Crippen LogP contribution in [0.3, 0.4) is 0 Å². The van der Waals surface area contributed by atoms with Crippen molar-refractivity contribution in [3.8, 4) is 0 Å². The molecular formula is C17H19N3O3S. The summed E-state index contributed by atoms with van der Waals surface area (Å²) in [5, 5.41) is 13.7. The van der Waals surface area contributed by atoms with Crippen LogP contribution in [-0.2, 0) is 11.2 Å².